The molecule has 1 fully saturated rings. The van der Waals surface area contributed by atoms with Crippen molar-refractivity contribution in [1.29, 1.82) is 0 Å². The van der Waals surface area contributed by atoms with Gasteiger partial charge >= 0.3 is 0 Å². The topological polar surface area (TPSA) is 41.6 Å². The van der Waals surface area contributed by atoms with Crippen LogP contribution in [0, 0.1) is 5.92 Å². The molecule has 1 heterocycles. The minimum absolute atomic E-state index is 0.199. The molecule has 0 radical (unpaired) electrons. The first-order valence-electron chi connectivity index (χ1n) is 8.14. The molecule has 1 amide bonds. The van der Waals surface area contributed by atoms with Crippen molar-refractivity contribution in [2.45, 2.75) is 33.1 Å². The van der Waals surface area contributed by atoms with E-state index in [0.29, 0.717) is 12.5 Å². The van der Waals surface area contributed by atoms with E-state index in [9.17, 15) is 4.79 Å². The van der Waals surface area contributed by atoms with Gasteiger partial charge in [-0.3, -0.25) is 4.79 Å². The minimum atomic E-state index is -0.506. The number of carbonyl (C=O) groups excluding carboxylic acids is 1. The first-order valence-corrected chi connectivity index (χ1v) is 8.14. The summed E-state index contributed by atoms with van der Waals surface area (Å²) in [6.07, 6.45) is 0. The number of nitrogens with zero attached hydrogens (tertiary/aromatic N) is 1. The van der Waals surface area contributed by atoms with Crippen LogP contribution in [0.1, 0.15) is 33.3 Å². The summed E-state index contributed by atoms with van der Waals surface area (Å²) in [4.78, 5) is 14.7. The zero-order valence-corrected chi connectivity index (χ0v) is 14.2. The van der Waals surface area contributed by atoms with Crippen LogP contribution in [-0.4, -0.2) is 43.6 Å². The largest absolute Gasteiger partial charge is 0.493 e. The van der Waals surface area contributed by atoms with Gasteiger partial charge in [0.05, 0.1) is 12.0 Å². The predicted octanol–water partition coefficient (Wildman–Crippen LogP) is 2.43. The van der Waals surface area contributed by atoms with Gasteiger partial charge in [0.15, 0.2) is 0 Å². The van der Waals surface area contributed by atoms with Crippen LogP contribution in [0.3, 0.4) is 0 Å². The van der Waals surface area contributed by atoms with Crippen LogP contribution in [-0.2, 0) is 10.2 Å². The smallest absolute Gasteiger partial charge is 0.232 e. The van der Waals surface area contributed by atoms with Crippen molar-refractivity contribution in [3.63, 3.8) is 0 Å². The average Bonchev–Trinajstić information content (AvgIpc) is 2.53. The number of piperazine rings is 1. The molecule has 1 aliphatic rings. The fourth-order valence-corrected chi connectivity index (χ4v) is 2.62. The van der Waals surface area contributed by atoms with Gasteiger partial charge in [-0.1, -0.05) is 26.0 Å². The van der Waals surface area contributed by atoms with E-state index in [1.807, 2.05) is 43.0 Å². The van der Waals surface area contributed by atoms with Gasteiger partial charge in [0.1, 0.15) is 5.75 Å². The quantitative estimate of drug-likeness (QED) is 0.908. The van der Waals surface area contributed by atoms with Crippen molar-refractivity contribution in [3.05, 3.63) is 29.8 Å². The van der Waals surface area contributed by atoms with Crippen LogP contribution >= 0.6 is 0 Å². The lowest BCUT2D eigenvalue weighted by Crippen LogP contribution is -2.51. The number of hydrogen-bond donors (Lipinski definition) is 1. The Morgan fingerprint density at radius 2 is 1.82 bits per heavy atom. The molecular weight excluding hydrogens is 276 g/mol. The first-order chi connectivity index (χ1) is 10.4. The van der Waals surface area contributed by atoms with E-state index in [0.717, 1.165) is 37.5 Å². The molecule has 0 aliphatic carbocycles. The molecule has 122 valence electrons. The fraction of sp³-hybridized carbons (Fsp3) is 0.611. The van der Waals surface area contributed by atoms with Crippen molar-refractivity contribution >= 4 is 5.91 Å². The zero-order valence-electron chi connectivity index (χ0n) is 14.2. The van der Waals surface area contributed by atoms with E-state index in [1.54, 1.807) is 0 Å². The normalized spacial score (nSPS) is 16.0. The maximum Gasteiger partial charge on any atom is 0.232 e. The number of benzene rings is 1. The van der Waals surface area contributed by atoms with Crippen molar-refractivity contribution in [1.82, 2.24) is 10.2 Å². The van der Waals surface area contributed by atoms with Crippen LogP contribution in [0.25, 0.3) is 0 Å². The Balaban J connectivity index is 2.06. The van der Waals surface area contributed by atoms with Crippen molar-refractivity contribution in [2.24, 2.45) is 5.92 Å². The Hall–Kier alpha value is -1.55. The highest BCUT2D eigenvalue weighted by molar-refractivity contribution is 5.87. The van der Waals surface area contributed by atoms with Gasteiger partial charge in [0, 0.05) is 26.2 Å². The van der Waals surface area contributed by atoms with Crippen molar-refractivity contribution in [3.8, 4) is 5.75 Å². The highest BCUT2D eigenvalue weighted by Crippen LogP contribution is 2.27. The highest BCUT2D eigenvalue weighted by Gasteiger charge is 2.34. The summed E-state index contributed by atoms with van der Waals surface area (Å²) >= 11 is 0. The maximum absolute atomic E-state index is 12.8. The molecule has 1 saturated heterocycles. The molecule has 1 N–H and O–H groups in total. The first kappa shape index (κ1) is 16.8. The average molecular weight is 304 g/mol. The monoisotopic (exact) mass is 304 g/mol. The molecule has 2 rings (SSSR count). The number of ether oxygens (including phenoxy) is 1. The zero-order chi connectivity index (χ0) is 16.2. The molecule has 0 atom stereocenters. The molecular formula is C18H28N2O2. The summed E-state index contributed by atoms with van der Waals surface area (Å²) in [5.41, 5.74) is 0.529. The predicted molar refractivity (Wildman–Crippen MR) is 89.3 cm³/mol. The molecule has 1 aromatic rings. The number of nitrogens with one attached hydrogen (secondary N) is 1. The van der Waals surface area contributed by atoms with Gasteiger partial charge in [0.25, 0.3) is 0 Å². The third-order valence-corrected chi connectivity index (χ3v) is 4.10. The minimum Gasteiger partial charge on any atom is -0.493 e. The van der Waals surface area contributed by atoms with Gasteiger partial charge in [-0.05, 0) is 37.5 Å². The summed E-state index contributed by atoms with van der Waals surface area (Å²) < 4.78 is 5.71. The lowest BCUT2D eigenvalue weighted by atomic mass is 9.83. The molecule has 0 saturated carbocycles. The molecule has 0 unspecified atom stereocenters. The van der Waals surface area contributed by atoms with E-state index in [4.69, 9.17) is 4.74 Å². The van der Waals surface area contributed by atoms with E-state index in [-0.39, 0.29) is 5.91 Å². The molecule has 0 spiro atoms. The van der Waals surface area contributed by atoms with Gasteiger partial charge in [-0.15, -0.1) is 0 Å². The van der Waals surface area contributed by atoms with E-state index in [2.05, 4.69) is 19.2 Å². The van der Waals surface area contributed by atoms with Crippen molar-refractivity contribution in [2.75, 3.05) is 32.8 Å². The number of rotatable bonds is 5. The summed E-state index contributed by atoms with van der Waals surface area (Å²) in [5.74, 6) is 1.57. The number of hydrogen-bond acceptors (Lipinski definition) is 3. The van der Waals surface area contributed by atoms with Gasteiger partial charge in [0.2, 0.25) is 5.91 Å². The van der Waals surface area contributed by atoms with E-state index >= 15 is 0 Å². The summed E-state index contributed by atoms with van der Waals surface area (Å²) in [5, 5.41) is 3.28. The summed E-state index contributed by atoms with van der Waals surface area (Å²) in [6, 6.07) is 7.94. The van der Waals surface area contributed by atoms with Gasteiger partial charge in [-0.2, -0.15) is 0 Å². The second kappa shape index (κ2) is 7.14. The molecule has 22 heavy (non-hydrogen) atoms. The number of amides is 1. The lowest BCUT2D eigenvalue weighted by Gasteiger charge is -2.35. The third-order valence-electron chi connectivity index (χ3n) is 4.10. The van der Waals surface area contributed by atoms with E-state index < -0.39 is 5.41 Å². The summed E-state index contributed by atoms with van der Waals surface area (Å²) in [6.45, 7) is 12.3. The third kappa shape index (κ3) is 4.01. The molecule has 0 bridgehead atoms. The lowest BCUT2D eigenvalue weighted by molar-refractivity contribution is -0.136. The van der Waals surface area contributed by atoms with Crippen LogP contribution in [0.2, 0.25) is 0 Å². The Morgan fingerprint density at radius 3 is 2.36 bits per heavy atom. The maximum atomic E-state index is 12.8. The van der Waals surface area contributed by atoms with Crippen molar-refractivity contribution < 1.29 is 9.53 Å². The molecule has 4 nitrogen and oxygen atoms in total. The molecule has 1 aliphatic heterocycles. The Labute approximate surface area is 133 Å². The van der Waals surface area contributed by atoms with Gasteiger partial charge in [-0.25, -0.2) is 0 Å². The second-order valence-electron chi connectivity index (χ2n) is 6.90. The fourth-order valence-electron chi connectivity index (χ4n) is 2.62. The van der Waals surface area contributed by atoms with Crippen LogP contribution < -0.4 is 10.1 Å². The standard InChI is InChI=1S/C18H28N2O2/c1-14(2)13-22-16-7-5-15(6-8-16)18(3,4)17(21)20-11-9-19-10-12-20/h5-8,14,19H,9-13H2,1-4H3. The molecule has 1 aromatic carbocycles. The van der Waals surface area contributed by atoms with E-state index in [1.165, 1.54) is 0 Å². The highest BCUT2D eigenvalue weighted by atomic mass is 16.5. The molecule has 0 aromatic heterocycles. The SMILES string of the molecule is CC(C)COc1ccc(C(C)(C)C(=O)N2CCNCC2)cc1. The molecule has 4 heteroatoms. The Kier molecular flexibility index (Phi) is 5.46. The van der Waals surface area contributed by atoms with Crippen LogP contribution in [0.5, 0.6) is 5.75 Å². The van der Waals surface area contributed by atoms with Crippen LogP contribution in [0.4, 0.5) is 0 Å². The van der Waals surface area contributed by atoms with Crippen LogP contribution in [0.15, 0.2) is 24.3 Å². The van der Waals surface area contributed by atoms with Gasteiger partial charge < -0.3 is 15.0 Å². The Morgan fingerprint density at radius 1 is 1.23 bits per heavy atom. The second-order valence-corrected chi connectivity index (χ2v) is 6.90. The summed E-state index contributed by atoms with van der Waals surface area (Å²) in [7, 11) is 0. The Bertz CT molecular complexity index is 488. The number of carbonyl (C=O) groups is 1.